The molecular formula is C8H18N6O. The molecule has 0 aliphatic rings. The Kier molecular flexibility index (Phi) is 4.85. The Balaban J connectivity index is 2.10. The fraction of sp³-hybridized carbons (Fsp3) is 0.750. The van der Waals surface area contributed by atoms with Crippen LogP contribution in [0.1, 0.15) is 0 Å². The number of H-pyrrole nitrogens is 1. The monoisotopic (exact) mass is 214 g/mol. The number of hydrogen-bond acceptors (Lipinski definition) is 6. The summed E-state index contributed by atoms with van der Waals surface area (Å²) in [5.74, 6) is 0.859. The molecule has 1 aromatic heterocycles. The highest BCUT2D eigenvalue weighted by Crippen LogP contribution is 1.97. The smallest absolute Gasteiger partial charge is 0.243 e. The van der Waals surface area contributed by atoms with Crippen molar-refractivity contribution in [3.05, 3.63) is 0 Å². The van der Waals surface area contributed by atoms with Crippen LogP contribution in [0.5, 0.6) is 0 Å². The van der Waals surface area contributed by atoms with Crippen molar-refractivity contribution >= 4 is 11.9 Å². The average Bonchev–Trinajstić information content (AvgIpc) is 2.61. The van der Waals surface area contributed by atoms with Gasteiger partial charge in [-0.1, -0.05) is 0 Å². The van der Waals surface area contributed by atoms with Crippen LogP contribution < -0.4 is 11.1 Å². The molecule has 0 spiro atoms. The van der Waals surface area contributed by atoms with Crippen LogP contribution in [0.3, 0.4) is 0 Å². The zero-order chi connectivity index (χ0) is 11.1. The third kappa shape index (κ3) is 4.61. The topological polar surface area (TPSA) is 92.1 Å². The van der Waals surface area contributed by atoms with E-state index in [0.717, 1.165) is 26.2 Å². The largest absolute Gasteiger partial charge is 0.383 e. The number of hydrogen-bond donors (Lipinski definition) is 3. The van der Waals surface area contributed by atoms with Gasteiger partial charge in [0, 0.05) is 26.7 Å². The van der Waals surface area contributed by atoms with Crippen molar-refractivity contribution in [3.63, 3.8) is 0 Å². The molecule has 0 amide bonds. The highest BCUT2D eigenvalue weighted by atomic mass is 16.5. The molecule has 0 saturated heterocycles. The third-order valence-electron chi connectivity index (χ3n) is 1.96. The lowest BCUT2D eigenvalue weighted by atomic mass is 10.5. The highest BCUT2D eigenvalue weighted by molar-refractivity contribution is 5.29. The first-order valence-electron chi connectivity index (χ1n) is 4.81. The minimum Gasteiger partial charge on any atom is -0.383 e. The molecular weight excluding hydrogens is 196 g/mol. The predicted octanol–water partition coefficient (Wildman–Crippen LogP) is -0.623. The van der Waals surface area contributed by atoms with Gasteiger partial charge in [-0.3, -0.25) is 0 Å². The minimum absolute atomic E-state index is 0.324. The van der Waals surface area contributed by atoms with Gasteiger partial charge in [-0.25, -0.2) is 5.10 Å². The minimum atomic E-state index is 0.324. The van der Waals surface area contributed by atoms with Gasteiger partial charge in [0.1, 0.15) is 0 Å². The number of methoxy groups -OCH3 is 1. The summed E-state index contributed by atoms with van der Waals surface area (Å²) in [7, 11) is 3.73. The fourth-order valence-corrected chi connectivity index (χ4v) is 1.07. The molecule has 0 aliphatic carbocycles. The maximum Gasteiger partial charge on any atom is 0.243 e. The van der Waals surface area contributed by atoms with E-state index in [4.69, 9.17) is 10.5 Å². The van der Waals surface area contributed by atoms with Gasteiger partial charge in [0.2, 0.25) is 11.9 Å². The Bertz CT molecular complexity index is 276. The van der Waals surface area contributed by atoms with Gasteiger partial charge in [0.05, 0.1) is 6.61 Å². The van der Waals surface area contributed by atoms with Gasteiger partial charge < -0.3 is 20.7 Å². The summed E-state index contributed by atoms with van der Waals surface area (Å²) in [4.78, 5) is 6.09. The molecule has 7 heteroatoms. The first-order chi connectivity index (χ1) is 7.22. The zero-order valence-corrected chi connectivity index (χ0v) is 9.16. The normalized spacial score (nSPS) is 10.9. The second-order valence-corrected chi connectivity index (χ2v) is 3.27. The number of nitrogens with one attached hydrogen (secondary N) is 2. The lowest BCUT2D eigenvalue weighted by Gasteiger charge is -2.15. The first-order valence-corrected chi connectivity index (χ1v) is 4.81. The lowest BCUT2D eigenvalue weighted by Crippen LogP contribution is -2.28. The van der Waals surface area contributed by atoms with E-state index in [0.29, 0.717) is 11.9 Å². The molecule has 4 N–H and O–H groups in total. The summed E-state index contributed by atoms with van der Waals surface area (Å²) in [5.41, 5.74) is 5.38. The van der Waals surface area contributed by atoms with E-state index >= 15 is 0 Å². The number of ether oxygens (including phenoxy) is 1. The van der Waals surface area contributed by atoms with Crippen LogP contribution in [0.15, 0.2) is 0 Å². The van der Waals surface area contributed by atoms with Gasteiger partial charge in [-0.05, 0) is 7.05 Å². The van der Waals surface area contributed by atoms with E-state index in [-0.39, 0.29) is 0 Å². The maximum absolute atomic E-state index is 5.38. The van der Waals surface area contributed by atoms with Crippen molar-refractivity contribution in [2.75, 3.05) is 51.4 Å². The SMILES string of the molecule is COCCN(C)CCNc1n[nH]c(N)n1. The second-order valence-electron chi connectivity index (χ2n) is 3.27. The van der Waals surface area contributed by atoms with E-state index in [1.54, 1.807) is 7.11 Å². The molecule has 0 unspecified atom stereocenters. The first kappa shape index (κ1) is 11.7. The van der Waals surface area contributed by atoms with Crippen LogP contribution in [-0.2, 0) is 4.74 Å². The van der Waals surface area contributed by atoms with E-state index < -0.39 is 0 Å². The number of aromatic amines is 1. The number of nitrogen functional groups attached to an aromatic ring is 1. The van der Waals surface area contributed by atoms with Crippen LogP contribution in [0, 0.1) is 0 Å². The molecule has 0 aliphatic heterocycles. The summed E-state index contributed by atoms with van der Waals surface area (Å²) in [6.45, 7) is 3.33. The third-order valence-corrected chi connectivity index (χ3v) is 1.96. The maximum atomic E-state index is 5.38. The molecule has 1 heterocycles. The Hall–Kier alpha value is -1.34. The zero-order valence-electron chi connectivity index (χ0n) is 9.16. The quantitative estimate of drug-likeness (QED) is 0.560. The van der Waals surface area contributed by atoms with Crippen LogP contribution >= 0.6 is 0 Å². The van der Waals surface area contributed by atoms with Crippen LogP contribution in [0.4, 0.5) is 11.9 Å². The molecule has 0 saturated carbocycles. The number of nitrogens with zero attached hydrogens (tertiary/aromatic N) is 3. The number of aromatic nitrogens is 3. The lowest BCUT2D eigenvalue weighted by molar-refractivity contribution is 0.163. The van der Waals surface area contributed by atoms with Crippen molar-refractivity contribution in [1.82, 2.24) is 20.1 Å². The van der Waals surface area contributed by atoms with Gasteiger partial charge >= 0.3 is 0 Å². The number of anilines is 2. The molecule has 1 rings (SSSR count). The summed E-state index contributed by atoms with van der Waals surface area (Å²) in [6, 6.07) is 0. The van der Waals surface area contributed by atoms with Crippen molar-refractivity contribution in [1.29, 1.82) is 0 Å². The molecule has 86 valence electrons. The molecule has 0 atom stereocenters. The number of rotatable bonds is 7. The molecule has 0 bridgehead atoms. The van der Waals surface area contributed by atoms with Gasteiger partial charge in [0.25, 0.3) is 0 Å². The van der Waals surface area contributed by atoms with Crippen LogP contribution in [-0.4, -0.2) is 60.5 Å². The van der Waals surface area contributed by atoms with Gasteiger partial charge in [-0.15, -0.1) is 5.10 Å². The summed E-state index contributed by atoms with van der Waals surface area (Å²) < 4.78 is 4.97. The molecule has 15 heavy (non-hydrogen) atoms. The molecule has 0 radical (unpaired) electrons. The molecule has 0 fully saturated rings. The number of likely N-dealkylation sites (N-methyl/N-ethyl adjacent to an activating group) is 1. The summed E-state index contributed by atoms with van der Waals surface area (Å²) in [5, 5.41) is 9.48. The fourth-order valence-electron chi connectivity index (χ4n) is 1.07. The van der Waals surface area contributed by atoms with Crippen molar-refractivity contribution in [2.45, 2.75) is 0 Å². The van der Waals surface area contributed by atoms with Gasteiger partial charge in [-0.2, -0.15) is 4.98 Å². The van der Waals surface area contributed by atoms with E-state index in [2.05, 4.69) is 25.4 Å². The Morgan fingerprint density at radius 3 is 2.93 bits per heavy atom. The Labute approximate surface area is 89.0 Å². The van der Waals surface area contributed by atoms with Crippen molar-refractivity contribution in [3.8, 4) is 0 Å². The second kappa shape index (κ2) is 6.20. The molecule has 1 aromatic rings. The summed E-state index contributed by atoms with van der Waals surface area (Å²) in [6.07, 6.45) is 0. The van der Waals surface area contributed by atoms with Gasteiger partial charge in [0.15, 0.2) is 0 Å². The Morgan fingerprint density at radius 1 is 1.53 bits per heavy atom. The van der Waals surface area contributed by atoms with Crippen LogP contribution in [0.2, 0.25) is 0 Å². The van der Waals surface area contributed by atoms with Crippen LogP contribution in [0.25, 0.3) is 0 Å². The molecule has 0 aromatic carbocycles. The van der Waals surface area contributed by atoms with E-state index in [1.165, 1.54) is 0 Å². The predicted molar refractivity (Wildman–Crippen MR) is 58.7 cm³/mol. The summed E-state index contributed by atoms with van der Waals surface area (Å²) >= 11 is 0. The number of nitrogens with two attached hydrogens (primary N) is 1. The highest BCUT2D eigenvalue weighted by Gasteiger charge is 2.00. The Morgan fingerprint density at radius 2 is 2.33 bits per heavy atom. The molecule has 7 nitrogen and oxygen atoms in total. The van der Waals surface area contributed by atoms with E-state index in [9.17, 15) is 0 Å². The van der Waals surface area contributed by atoms with E-state index in [1.807, 2.05) is 7.05 Å². The van der Waals surface area contributed by atoms with Crippen molar-refractivity contribution in [2.24, 2.45) is 0 Å². The van der Waals surface area contributed by atoms with Crippen molar-refractivity contribution < 1.29 is 4.74 Å². The standard InChI is InChI=1S/C8H18N6O/c1-14(5-6-15-2)4-3-10-8-11-7(9)12-13-8/h3-6H2,1-2H3,(H4,9,10,11,12,13). The average molecular weight is 214 g/mol.